The van der Waals surface area contributed by atoms with Gasteiger partial charge in [0.15, 0.2) is 0 Å². The normalized spacial score (nSPS) is 10.5. The van der Waals surface area contributed by atoms with Crippen LogP contribution in [0, 0.1) is 10.1 Å². The fraction of sp³-hybridized carbons (Fsp3) is 0.211. The van der Waals surface area contributed by atoms with E-state index >= 15 is 0 Å². The molecule has 0 saturated heterocycles. The lowest BCUT2D eigenvalue weighted by Gasteiger charge is -2.08. The van der Waals surface area contributed by atoms with Crippen molar-refractivity contribution < 1.29 is 19.2 Å². The molecule has 0 atom stereocenters. The predicted molar refractivity (Wildman–Crippen MR) is 99.5 cm³/mol. The van der Waals surface area contributed by atoms with Gasteiger partial charge in [0.25, 0.3) is 5.69 Å². The highest BCUT2D eigenvalue weighted by molar-refractivity contribution is 6.02. The molecule has 0 aliphatic heterocycles. The van der Waals surface area contributed by atoms with Crippen molar-refractivity contribution in [2.24, 2.45) is 0 Å². The van der Waals surface area contributed by atoms with Crippen molar-refractivity contribution in [3.63, 3.8) is 0 Å². The monoisotopic (exact) mass is 356 g/mol. The smallest absolute Gasteiger partial charge is 0.273 e. The summed E-state index contributed by atoms with van der Waals surface area (Å²) in [6, 6.07) is 11.4. The molecular formula is C19H20N2O5. The van der Waals surface area contributed by atoms with E-state index in [9.17, 15) is 14.9 Å². The number of rotatable bonds is 8. The van der Waals surface area contributed by atoms with Crippen molar-refractivity contribution in [3.05, 3.63) is 64.2 Å². The third-order valence-corrected chi connectivity index (χ3v) is 3.43. The Morgan fingerprint density at radius 1 is 1.23 bits per heavy atom. The Balaban J connectivity index is 2.01. The van der Waals surface area contributed by atoms with Gasteiger partial charge in [0.2, 0.25) is 5.91 Å². The van der Waals surface area contributed by atoms with E-state index in [1.54, 1.807) is 6.08 Å². The van der Waals surface area contributed by atoms with Gasteiger partial charge in [0.05, 0.1) is 30.4 Å². The Labute approximate surface area is 151 Å². The molecule has 0 heterocycles. The van der Waals surface area contributed by atoms with E-state index in [0.29, 0.717) is 12.3 Å². The van der Waals surface area contributed by atoms with Crippen LogP contribution in [0.15, 0.2) is 48.5 Å². The van der Waals surface area contributed by atoms with Crippen molar-refractivity contribution >= 4 is 23.4 Å². The first-order valence-corrected chi connectivity index (χ1v) is 8.08. The van der Waals surface area contributed by atoms with Crippen molar-refractivity contribution in [2.75, 3.05) is 19.0 Å². The highest BCUT2D eigenvalue weighted by Gasteiger charge is 2.12. The van der Waals surface area contributed by atoms with Crippen LogP contribution in [0.5, 0.6) is 11.5 Å². The van der Waals surface area contributed by atoms with Crippen LogP contribution >= 0.6 is 0 Å². The third kappa shape index (κ3) is 5.34. The number of nitrogens with one attached hydrogen (secondary N) is 1. The molecule has 0 aliphatic carbocycles. The molecule has 7 nitrogen and oxygen atoms in total. The van der Waals surface area contributed by atoms with Crippen LogP contribution < -0.4 is 14.8 Å². The van der Waals surface area contributed by atoms with Crippen LogP contribution in [0.1, 0.15) is 18.9 Å². The standard InChI is InChI=1S/C19H20N2O5/c1-3-12-26-16-8-4-14(5-9-16)6-11-19(22)20-17-10-7-15(21(23)24)13-18(17)25-2/h4-11,13H,3,12H2,1-2H3,(H,20,22)/b11-6+. The minimum absolute atomic E-state index is 0.110. The SMILES string of the molecule is CCCOc1ccc(/C=C/C(=O)Nc2ccc([N+](=O)[O-])cc2OC)cc1. The number of ether oxygens (including phenoxy) is 2. The predicted octanol–water partition coefficient (Wildman–Crippen LogP) is 4.04. The van der Waals surface area contributed by atoms with E-state index in [2.05, 4.69) is 5.32 Å². The Morgan fingerprint density at radius 3 is 2.58 bits per heavy atom. The van der Waals surface area contributed by atoms with Gasteiger partial charge in [-0.2, -0.15) is 0 Å². The Kier molecular flexibility index (Phi) is 6.73. The van der Waals surface area contributed by atoms with Crippen LogP contribution in [0.3, 0.4) is 0 Å². The van der Waals surface area contributed by atoms with Crippen molar-refractivity contribution in [1.29, 1.82) is 0 Å². The van der Waals surface area contributed by atoms with Gasteiger partial charge in [-0.15, -0.1) is 0 Å². The van der Waals surface area contributed by atoms with Gasteiger partial charge in [0, 0.05) is 12.1 Å². The Hall–Kier alpha value is -3.35. The Morgan fingerprint density at radius 2 is 1.96 bits per heavy atom. The van der Waals surface area contributed by atoms with Crippen LogP contribution in [0.25, 0.3) is 6.08 Å². The summed E-state index contributed by atoms with van der Waals surface area (Å²) in [5.41, 5.74) is 1.09. The van der Waals surface area contributed by atoms with Crippen molar-refractivity contribution in [3.8, 4) is 11.5 Å². The molecule has 7 heteroatoms. The first-order valence-electron chi connectivity index (χ1n) is 8.08. The molecule has 26 heavy (non-hydrogen) atoms. The molecule has 2 aromatic carbocycles. The molecular weight excluding hydrogens is 336 g/mol. The second kappa shape index (κ2) is 9.22. The molecule has 1 N–H and O–H groups in total. The van der Waals surface area contributed by atoms with Gasteiger partial charge in [-0.05, 0) is 36.3 Å². The molecule has 1 amide bonds. The Bertz CT molecular complexity index is 800. The lowest BCUT2D eigenvalue weighted by atomic mass is 10.2. The first-order chi connectivity index (χ1) is 12.5. The average molecular weight is 356 g/mol. The van der Waals surface area contributed by atoms with Gasteiger partial charge >= 0.3 is 0 Å². The summed E-state index contributed by atoms with van der Waals surface area (Å²) in [5, 5.41) is 13.4. The number of nitrogens with zero attached hydrogens (tertiary/aromatic N) is 1. The van der Waals surface area contributed by atoms with E-state index in [1.807, 2.05) is 31.2 Å². The number of nitro benzene ring substituents is 1. The number of benzene rings is 2. The molecule has 0 radical (unpaired) electrons. The summed E-state index contributed by atoms with van der Waals surface area (Å²) in [7, 11) is 1.38. The van der Waals surface area contributed by atoms with Crippen LogP contribution in [-0.2, 0) is 4.79 Å². The molecule has 0 bridgehead atoms. The molecule has 136 valence electrons. The molecule has 2 rings (SSSR count). The molecule has 2 aromatic rings. The minimum Gasteiger partial charge on any atom is -0.494 e. The summed E-state index contributed by atoms with van der Waals surface area (Å²) in [6.45, 7) is 2.70. The van der Waals surface area contributed by atoms with E-state index in [4.69, 9.17) is 9.47 Å². The number of nitro groups is 1. The number of hydrogen-bond acceptors (Lipinski definition) is 5. The molecule has 0 spiro atoms. The van der Waals surface area contributed by atoms with Gasteiger partial charge in [0.1, 0.15) is 11.5 Å². The fourth-order valence-electron chi connectivity index (χ4n) is 2.14. The van der Waals surface area contributed by atoms with Crippen LogP contribution in [-0.4, -0.2) is 24.5 Å². The van der Waals surface area contributed by atoms with E-state index in [-0.39, 0.29) is 17.3 Å². The zero-order valence-corrected chi connectivity index (χ0v) is 14.6. The lowest BCUT2D eigenvalue weighted by Crippen LogP contribution is -2.09. The number of methoxy groups -OCH3 is 1. The summed E-state index contributed by atoms with van der Waals surface area (Å²) in [5.74, 6) is 0.630. The van der Waals surface area contributed by atoms with Gasteiger partial charge in [-0.1, -0.05) is 19.1 Å². The summed E-state index contributed by atoms with van der Waals surface area (Å²) < 4.78 is 10.6. The average Bonchev–Trinajstić information content (AvgIpc) is 2.65. The number of anilines is 1. The molecule has 0 aliphatic rings. The minimum atomic E-state index is -0.526. The quantitative estimate of drug-likeness (QED) is 0.438. The second-order valence-corrected chi connectivity index (χ2v) is 5.38. The van der Waals surface area contributed by atoms with Crippen molar-refractivity contribution in [2.45, 2.75) is 13.3 Å². The fourth-order valence-corrected chi connectivity index (χ4v) is 2.14. The highest BCUT2D eigenvalue weighted by Crippen LogP contribution is 2.29. The van der Waals surface area contributed by atoms with Crippen molar-refractivity contribution in [1.82, 2.24) is 0 Å². The van der Waals surface area contributed by atoms with E-state index < -0.39 is 4.92 Å². The zero-order valence-electron chi connectivity index (χ0n) is 14.6. The first kappa shape index (κ1) is 19.0. The number of amides is 1. The zero-order chi connectivity index (χ0) is 18.9. The maximum Gasteiger partial charge on any atom is 0.273 e. The number of carbonyl (C=O) groups excluding carboxylic acids is 1. The van der Waals surface area contributed by atoms with Crippen LogP contribution in [0.2, 0.25) is 0 Å². The summed E-state index contributed by atoms with van der Waals surface area (Å²) in [6.07, 6.45) is 3.98. The number of hydrogen-bond donors (Lipinski definition) is 1. The number of non-ortho nitro benzene ring substituents is 1. The number of carbonyl (C=O) groups is 1. The maximum absolute atomic E-state index is 12.1. The summed E-state index contributed by atoms with van der Waals surface area (Å²) >= 11 is 0. The van der Waals surface area contributed by atoms with Gasteiger partial charge in [-0.3, -0.25) is 14.9 Å². The summed E-state index contributed by atoms with van der Waals surface area (Å²) in [4.78, 5) is 22.3. The molecule has 0 fully saturated rings. The molecule has 0 unspecified atom stereocenters. The third-order valence-electron chi connectivity index (χ3n) is 3.43. The maximum atomic E-state index is 12.1. The molecule has 0 saturated carbocycles. The molecule has 0 aromatic heterocycles. The van der Waals surface area contributed by atoms with E-state index in [0.717, 1.165) is 17.7 Å². The van der Waals surface area contributed by atoms with Gasteiger partial charge < -0.3 is 14.8 Å². The topological polar surface area (TPSA) is 90.7 Å². The van der Waals surface area contributed by atoms with Gasteiger partial charge in [-0.25, -0.2) is 0 Å². The second-order valence-electron chi connectivity index (χ2n) is 5.38. The van der Waals surface area contributed by atoms with Crippen LogP contribution in [0.4, 0.5) is 11.4 Å². The lowest BCUT2D eigenvalue weighted by molar-refractivity contribution is -0.384. The van der Waals surface area contributed by atoms with E-state index in [1.165, 1.54) is 31.4 Å². The highest BCUT2D eigenvalue weighted by atomic mass is 16.6. The largest absolute Gasteiger partial charge is 0.494 e.